The van der Waals surface area contributed by atoms with E-state index in [0.29, 0.717) is 19.1 Å². The van der Waals surface area contributed by atoms with E-state index in [1.54, 1.807) is 32.2 Å². The highest BCUT2D eigenvalue weighted by atomic mass is 32.1. The van der Waals surface area contributed by atoms with E-state index in [0.717, 1.165) is 21.6 Å². The first-order valence-electron chi connectivity index (χ1n) is 9.19. The van der Waals surface area contributed by atoms with Crippen molar-refractivity contribution in [3.05, 3.63) is 29.3 Å². The number of para-hydroxylation sites is 1. The van der Waals surface area contributed by atoms with Gasteiger partial charge in [-0.25, -0.2) is 9.78 Å². The molecule has 1 aromatic heterocycles. The first kappa shape index (κ1) is 21.3. The lowest BCUT2D eigenvalue weighted by Crippen LogP contribution is -2.39. The molecule has 0 radical (unpaired) electrons. The predicted molar refractivity (Wildman–Crippen MR) is 107 cm³/mol. The Morgan fingerprint density at radius 3 is 2.52 bits per heavy atom. The van der Waals surface area contributed by atoms with Gasteiger partial charge < -0.3 is 14.4 Å². The van der Waals surface area contributed by atoms with Crippen molar-refractivity contribution in [1.29, 1.82) is 0 Å². The molecular formula is C20H28N2O4S. The highest BCUT2D eigenvalue weighted by Crippen LogP contribution is 2.22. The topological polar surface area (TPSA) is 68.7 Å². The molecule has 0 aliphatic heterocycles. The Bertz CT molecular complexity index is 741. The van der Waals surface area contributed by atoms with Gasteiger partial charge in [0.1, 0.15) is 5.01 Å². The molecular weight excluding hydrogens is 364 g/mol. The van der Waals surface area contributed by atoms with E-state index in [4.69, 9.17) is 9.47 Å². The van der Waals surface area contributed by atoms with Crippen LogP contribution in [0, 0.1) is 5.92 Å². The maximum Gasteiger partial charge on any atom is 0.335 e. The zero-order valence-electron chi connectivity index (χ0n) is 16.6. The van der Waals surface area contributed by atoms with Crippen LogP contribution in [0.1, 0.15) is 39.1 Å². The molecule has 0 fully saturated rings. The zero-order chi connectivity index (χ0) is 20.0. The molecule has 0 aliphatic carbocycles. The SMILES string of the molecule is CC(C)CCOC(C)C(=O)OC(C)C(=O)N(C)Cc1nc2ccccc2s1. The lowest BCUT2D eigenvalue weighted by Gasteiger charge is -2.22. The highest BCUT2D eigenvalue weighted by Gasteiger charge is 2.25. The normalized spacial score (nSPS) is 13.6. The average molecular weight is 393 g/mol. The summed E-state index contributed by atoms with van der Waals surface area (Å²) < 4.78 is 11.8. The molecule has 2 unspecified atom stereocenters. The quantitative estimate of drug-likeness (QED) is 0.610. The van der Waals surface area contributed by atoms with Gasteiger partial charge >= 0.3 is 5.97 Å². The van der Waals surface area contributed by atoms with Crippen LogP contribution in [0.5, 0.6) is 0 Å². The maximum atomic E-state index is 12.5. The van der Waals surface area contributed by atoms with Gasteiger partial charge in [0.05, 0.1) is 16.8 Å². The van der Waals surface area contributed by atoms with Gasteiger partial charge in [0.2, 0.25) is 0 Å². The van der Waals surface area contributed by atoms with Crippen molar-refractivity contribution in [2.24, 2.45) is 5.92 Å². The minimum Gasteiger partial charge on any atom is -0.451 e. The van der Waals surface area contributed by atoms with Gasteiger partial charge in [0.15, 0.2) is 12.2 Å². The minimum absolute atomic E-state index is 0.267. The molecule has 0 saturated carbocycles. The summed E-state index contributed by atoms with van der Waals surface area (Å²) in [5.74, 6) is -0.283. The number of rotatable bonds is 9. The van der Waals surface area contributed by atoms with Gasteiger partial charge in [0, 0.05) is 13.7 Å². The van der Waals surface area contributed by atoms with Gasteiger partial charge in [-0.1, -0.05) is 26.0 Å². The Labute approximate surface area is 164 Å². The number of esters is 1. The number of nitrogens with zero attached hydrogens (tertiary/aromatic N) is 2. The van der Waals surface area contributed by atoms with E-state index in [9.17, 15) is 9.59 Å². The molecule has 6 nitrogen and oxygen atoms in total. The molecule has 148 valence electrons. The van der Waals surface area contributed by atoms with Crippen LogP contribution in [0.25, 0.3) is 10.2 Å². The molecule has 0 bridgehead atoms. The van der Waals surface area contributed by atoms with Crippen molar-refractivity contribution < 1.29 is 19.1 Å². The standard InChI is InChI=1S/C20H28N2O4S/c1-13(2)10-11-25-15(4)20(24)26-14(3)19(23)22(5)12-18-21-16-8-6-7-9-17(16)27-18/h6-9,13-15H,10-12H2,1-5H3. The number of amides is 1. The molecule has 1 amide bonds. The monoisotopic (exact) mass is 392 g/mol. The van der Waals surface area contributed by atoms with Crippen LogP contribution in [0.3, 0.4) is 0 Å². The number of hydrogen-bond donors (Lipinski definition) is 0. The van der Waals surface area contributed by atoms with Crippen molar-refractivity contribution in [3.8, 4) is 0 Å². The summed E-state index contributed by atoms with van der Waals surface area (Å²) in [6, 6.07) is 7.85. The fourth-order valence-corrected chi connectivity index (χ4v) is 3.47. The number of fused-ring (bicyclic) bond motifs is 1. The smallest absolute Gasteiger partial charge is 0.335 e. The van der Waals surface area contributed by atoms with E-state index in [-0.39, 0.29) is 5.91 Å². The van der Waals surface area contributed by atoms with Gasteiger partial charge in [-0.2, -0.15) is 0 Å². The van der Waals surface area contributed by atoms with E-state index in [1.165, 1.54) is 4.90 Å². The largest absolute Gasteiger partial charge is 0.451 e. The van der Waals surface area contributed by atoms with E-state index in [1.807, 2.05) is 24.3 Å². The third-order valence-electron chi connectivity index (χ3n) is 4.12. The van der Waals surface area contributed by atoms with Gasteiger partial charge in [-0.05, 0) is 38.3 Å². The summed E-state index contributed by atoms with van der Waals surface area (Å²) in [4.78, 5) is 30.7. The predicted octanol–water partition coefficient (Wildman–Crippen LogP) is 3.64. The van der Waals surface area contributed by atoms with Crippen molar-refractivity contribution >= 4 is 33.4 Å². The lowest BCUT2D eigenvalue weighted by atomic mass is 10.1. The first-order valence-corrected chi connectivity index (χ1v) is 10.0. The fourth-order valence-electron chi connectivity index (χ4n) is 2.45. The van der Waals surface area contributed by atoms with E-state index in [2.05, 4.69) is 18.8 Å². The number of ether oxygens (including phenoxy) is 2. The average Bonchev–Trinajstić information content (AvgIpc) is 3.02. The number of hydrogen-bond acceptors (Lipinski definition) is 6. The highest BCUT2D eigenvalue weighted by molar-refractivity contribution is 7.18. The second-order valence-corrected chi connectivity index (χ2v) is 8.16. The molecule has 27 heavy (non-hydrogen) atoms. The van der Waals surface area contributed by atoms with Crippen LogP contribution in [0.4, 0.5) is 0 Å². The van der Waals surface area contributed by atoms with E-state index < -0.39 is 18.2 Å². The molecule has 2 atom stereocenters. The molecule has 0 N–H and O–H groups in total. The van der Waals surface area contributed by atoms with Crippen LogP contribution in [0.15, 0.2) is 24.3 Å². The van der Waals surface area contributed by atoms with Crippen LogP contribution in [-0.4, -0.2) is 47.6 Å². The van der Waals surface area contributed by atoms with Crippen molar-refractivity contribution in [1.82, 2.24) is 9.88 Å². The third-order valence-corrected chi connectivity index (χ3v) is 5.14. The Hall–Kier alpha value is -1.99. The number of carbonyl (C=O) groups is 2. The summed E-state index contributed by atoms with van der Waals surface area (Å²) in [7, 11) is 1.68. The van der Waals surface area contributed by atoms with Crippen molar-refractivity contribution in [3.63, 3.8) is 0 Å². The zero-order valence-corrected chi connectivity index (χ0v) is 17.4. The lowest BCUT2D eigenvalue weighted by molar-refractivity contribution is -0.167. The Balaban J connectivity index is 1.84. The molecule has 1 heterocycles. The molecule has 0 spiro atoms. The molecule has 2 aromatic rings. The first-order chi connectivity index (χ1) is 12.8. The molecule has 0 saturated heterocycles. The van der Waals surface area contributed by atoms with E-state index >= 15 is 0 Å². The summed E-state index contributed by atoms with van der Waals surface area (Å²) >= 11 is 1.55. The summed E-state index contributed by atoms with van der Waals surface area (Å²) in [5.41, 5.74) is 0.921. The molecule has 7 heteroatoms. The summed E-state index contributed by atoms with van der Waals surface area (Å²) in [6.07, 6.45) is -0.682. The van der Waals surface area contributed by atoms with Crippen LogP contribution in [0.2, 0.25) is 0 Å². The second kappa shape index (κ2) is 9.80. The number of carbonyl (C=O) groups excluding carboxylic acids is 2. The van der Waals surface area contributed by atoms with Crippen LogP contribution < -0.4 is 0 Å². The Kier molecular flexibility index (Phi) is 7.74. The second-order valence-electron chi connectivity index (χ2n) is 7.04. The Morgan fingerprint density at radius 1 is 1.15 bits per heavy atom. The molecule has 1 aromatic carbocycles. The van der Waals surface area contributed by atoms with Gasteiger partial charge in [-0.15, -0.1) is 11.3 Å². The minimum atomic E-state index is -0.868. The number of likely N-dealkylation sites (N-methyl/N-ethyl adjacent to an activating group) is 1. The molecule has 2 rings (SSSR count). The number of thiazole rings is 1. The van der Waals surface area contributed by atoms with Crippen LogP contribution in [-0.2, 0) is 25.6 Å². The van der Waals surface area contributed by atoms with Crippen molar-refractivity contribution in [2.75, 3.05) is 13.7 Å². The fraction of sp³-hybridized carbons (Fsp3) is 0.550. The molecule has 0 aliphatic rings. The summed E-state index contributed by atoms with van der Waals surface area (Å²) in [6.45, 7) is 8.28. The summed E-state index contributed by atoms with van der Waals surface area (Å²) in [5, 5.41) is 0.843. The van der Waals surface area contributed by atoms with Gasteiger partial charge in [0.25, 0.3) is 5.91 Å². The van der Waals surface area contributed by atoms with Crippen LogP contribution >= 0.6 is 11.3 Å². The maximum absolute atomic E-state index is 12.5. The third kappa shape index (κ3) is 6.29. The Morgan fingerprint density at radius 2 is 1.85 bits per heavy atom. The van der Waals surface area contributed by atoms with Crippen molar-refractivity contribution in [2.45, 2.75) is 52.9 Å². The number of aromatic nitrogens is 1. The number of benzene rings is 1. The van der Waals surface area contributed by atoms with Gasteiger partial charge in [-0.3, -0.25) is 4.79 Å².